The summed E-state index contributed by atoms with van der Waals surface area (Å²) < 4.78 is 0. The molecule has 76 valence electrons. The maximum Gasteiger partial charge on any atom is 0.0728 e. The number of rotatable bonds is 2. The number of nitrogens with one attached hydrogen (secondary N) is 1. The van der Waals surface area contributed by atoms with Crippen molar-refractivity contribution in [2.45, 2.75) is 19.4 Å². The van der Waals surface area contributed by atoms with E-state index in [9.17, 15) is 0 Å². The van der Waals surface area contributed by atoms with Crippen molar-refractivity contribution in [3.63, 3.8) is 0 Å². The van der Waals surface area contributed by atoms with E-state index in [1.165, 1.54) is 11.1 Å². The Balaban J connectivity index is 2.22. The van der Waals surface area contributed by atoms with Gasteiger partial charge in [-0.15, -0.1) is 0 Å². The number of fused-ring (bicyclic) bond motifs is 1. The molecule has 3 heteroatoms. The van der Waals surface area contributed by atoms with Gasteiger partial charge in [0, 0.05) is 12.6 Å². The van der Waals surface area contributed by atoms with Gasteiger partial charge in [-0.3, -0.25) is 4.90 Å². The van der Waals surface area contributed by atoms with Crippen molar-refractivity contribution >= 4 is 0 Å². The van der Waals surface area contributed by atoms with Crippen LogP contribution in [-0.2, 0) is 6.42 Å². The third-order valence-electron chi connectivity index (χ3n) is 3.00. The van der Waals surface area contributed by atoms with E-state index in [4.69, 9.17) is 5.21 Å². The molecule has 1 aromatic rings. The summed E-state index contributed by atoms with van der Waals surface area (Å²) in [5, 5.41) is 8.69. The second kappa shape index (κ2) is 4.09. The first-order valence-electron chi connectivity index (χ1n) is 5.01. The third-order valence-corrected chi connectivity index (χ3v) is 3.00. The lowest BCUT2D eigenvalue weighted by Gasteiger charge is -2.34. The largest absolute Gasteiger partial charge is 0.316 e. The van der Waals surface area contributed by atoms with E-state index in [1.54, 1.807) is 0 Å². The zero-order chi connectivity index (χ0) is 9.97. The lowest BCUT2D eigenvalue weighted by molar-refractivity contribution is 0.0731. The molecule has 3 nitrogen and oxygen atoms in total. The SMILES string of the molecule is CC1c2ccccc2CCN1CNO. The lowest BCUT2D eigenvalue weighted by Crippen LogP contribution is -2.39. The highest BCUT2D eigenvalue weighted by atomic mass is 16.5. The van der Waals surface area contributed by atoms with Crippen molar-refractivity contribution in [1.82, 2.24) is 10.4 Å². The molecule has 1 unspecified atom stereocenters. The van der Waals surface area contributed by atoms with Gasteiger partial charge in [0.1, 0.15) is 0 Å². The Labute approximate surface area is 84.3 Å². The quantitative estimate of drug-likeness (QED) is 0.698. The minimum atomic E-state index is 0.389. The Kier molecular flexibility index (Phi) is 2.82. The van der Waals surface area contributed by atoms with Gasteiger partial charge >= 0.3 is 0 Å². The van der Waals surface area contributed by atoms with E-state index in [1.807, 2.05) is 0 Å². The smallest absolute Gasteiger partial charge is 0.0728 e. The molecule has 1 heterocycles. The fourth-order valence-electron chi connectivity index (χ4n) is 2.13. The van der Waals surface area contributed by atoms with Crippen LogP contribution in [-0.4, -0.2) is 23.3 Å². The van der Waals surface area contributed by atoms with Crippen LogP contribution in [0, 0.1) is 0 Å². The van der Waals surface area contributed by atoms with E-state index in [2.05, 4.69) is 41.6 Å². The molecule has 0 aromatic heterocycles. The summed E-state index contributed by atoms with van der Waals surface area (Å²) in [5.41, 5.74) is 5.05. The van der Waals surface area contributed by atoms with E-state index in [0.29, 0.717) is 12.7 Å². The van der Waals surface area contributed by atoms with E-state index < -0.39 is 0 Å². The molecular formula is C11H16N2O. The fourth-order valence-corrected chi connectivity index (χ4v) is 2.13. The molecule has 14 heavy (non-hydrogen) atoms. The maximum absolute atomic E-state index is 8.69. The zero-order valence-electron chi connectivity index (χ0n) is 8.40. The van der Waals surface area contributed by atoms with Gasteiger partial charge in [0.05, 0.1) is 6.67 Å². The second-order valence-electron chi connectivity index (χ2n) is 3.75. The van der Waals surface area contributed by atoms with Crippen molar-refractivity contribution in [3.8, 4) is 0 Å². The number of hydroxylamine groups is 1. The van der Waals surface area contributed by atoms with Crippen LogP contribution in [0.4, 0.5) is 0 Å². The van der Waals surface area contributed by atoms with Crippen LogP contribution >= 0.6 is 0 Å². The predicted octanol–water partition coefficient (Wildman–Crippen LogP) is 1.54. The van der Waals surface area contributed by atoms with Crippen LogP contribution in [0.2, 0.25) is 0 Å². The molecule has 1 aliphatic heterocycles. The van der Waals surface area contributed by atoms with Crippen LogP contribution in [0.1, 0.15) is 24.1 Å². The highest BCUT2D eigenvalue weighted by Crippen LogP contribution is 2.28. The summed E-state index contributed by atoms with van der Waals surface area (Å²) in [5.74, 6) is 0. The van der Waals surface area contributed by atoms with E-state index in [-0.39, 0.29) is 0 Å². The van der Waals surface area contributed by atoms with Gasteiger partial charge in [-0.1, -0.05) is 24.3 Å². The number of hydrogen-bond acceptors (Lipinski definition) is 3. The average Bonchev–Trinajstić information content (AvgIpc) is 2.23. The van der Waals surface area contributed by atoms with Gasteiger partial charge in [0.2, 0.25) is 0 Å². The van der Waals surface area contributed by atoms with Crippen molar-refractivity contribution in [1.29, 1.82) is 0 Å². The molecule has 2 N–H and O–H groups in total. The summed E-state index contributed by atoms with van der Waals surface area (Å²) in [6.45, 7) is 3.72. The monoisotopic (exact) mass is 192 g/mol. The Morgan fingerprint density at radius 2 is 2.29 bits per heavy atom. The molecule has 0 amide bonds. The van der Waals surface area contributed by atoms with Crippen molar-refractivity contribution in [2.75, 3.05) is 13.2 Å². The molecule has 0 spiro atoms. The molecule has 0 fully saturated rings. The van der Waals surface area contributed by atoms with Crippen molar-refractivity contribution in [3.05, 3.63) is 35.4 Å². The fraction of sp³-hybridized carbons (Fsp3) is 0.455. The summed E-state index contributed by atoms with van der Waals surface area (Å²) in [6.07, 6.45) is 1.07. The molecule has 1 aliphatic rings. The van der Waals surface area contributed by atoms with Crippen LogP contribution in [0.3, 0.4) is 0 Å². The van der Waals surface area contributed by atoms with Crippen molar-refractivity contribution < 1.29 is 5.21 Å². The van der Waals surface area contributed by atoms with Gasteiger partial charge in [-0.25, -0.2) is 0 Å². The summed E-state index contributed by atoms with van der Waals surface area (Å²) >= 11 is 0. The number of hydrogen-bond donors (Lipinski definition) is 2. The molecule has 2 rings (SSSR count). The van der Waals surface area contributed by atoms with E-state index >= 15 is 0 Å². The molecule has 1 atom stereocenters. The van der Waals surface area contributed by atoms with Crippen LogP contribution < -0.4 is 5.48 Å². The Morgan fingerprint density at radius 3 is 3.07 bits per heavy atom. The molecule has 0 bridgehead atoms. The lowest BCUT2D eigenvalue weighted by atomic mass is 9.94. The van der Waals surface area contributed by atoms with Gasteiger partial charge < -0.3 is 5.21 Å². The zero-order valence-corrected chi connectivity index (χ0v) is 8.40. The standard InChI is InChI=1S/C11H16N2O/c1-9-11-5-3-2-4-10(11)6-7-13(9)8-12-14/h2-5,9,12,14H,6-8H2,1H3. The van der Waals surface area contributed by atoms with Gasteiger partial charge in [-0.2, -0.15) is 5.48 Å². The van der Waals surface area contributed by atoms with Gasteiger partial charge in [-0.05, 0) is 24.5 Å². The molecule has 1 aromatic carbocycles. The minimum absolute atomic E-state index is 0.389. The molecule has 0 saturated carbocycles. The van der Waals surface area contributed by atoms with Crippen LogP contribution in [0.5, 0.6) is 0 Å². The number of nitrogens with zero attached hydrogens (tertiary/aromatic N) is 1. The summed E-state index contributed by atoms with van der Waals surface area (Å²) in [6, 6.07) is 8.91. The van der Waals surface area contributed by atoms with E-state index in [0.717, 1.165) is 13.0 Å². The highest BCUT2D eigenvalue weighted by Gasteiger charge is 2.22. The first kappa shape index (κ1) is 9.65. The Morgan fingerprint density at radius 1 is 1.50 bits per heavy atom. The Hall–Kier alpha value is -0.900. The van der Waals surface area contributed by atoms with Gasteiger partial charge in [0.15, 0.2) is 0 Å². The first-order valence-corrected chi connectivity index (χ1v) is 5.01. The summed E-state index contributed by atoms with van der Waals surface area (Å²) in [4.78, 5) is 2.22. The minimum Gasteiger partial charge on any atom is -0.316 e. The third kappa shape index (κ3) is 1.66. The normalized spacial score (nSPS) is 22.0. The molecular weight excluding hydrogens is 176 g/mol. The van der Waals surface area contributed by atoms with Crippen LogP contribution in [0.25, 0.3) is 0 Å². The first-order chi connectivity index (χ1) is 6.83. The van der Waals surface area contributed by atoms with Crippen LogP contribution in [0.15, 0.2) is 24.3 Å². The predicted molar refractivity (Wildman–Crippen MR) is 55.1 cm³/mol. The number of benzene rings is 1. The average molecular weight is 192 g/mol. The van der Waals surface area contributed by atoms with Gasteiger partial charge in [0.25, 0.3) is 0 Å². The maximum atomic E-state index is 8.69. The molecule has 0 radical (unpaired) electrons. The summed E-state index contributed by atoms with van der Waals surface area (Å²) in [7, 11) is 0. The second-order valence-corrected chi connectivity index (χ2v) is 3.75. The topological polar surface area (TPSA) is 35.5 Å². The Bertz CT molecular complexity index is 314. The molecule has 0 aliphatic carbocycles. The highest BCUT2D eigenvalue weighted by molar-refractivity contribution is 5.31. The van der Waals surface area contributed by atoms with Crippen molar-refractivity contribution in [2.24, 2.45) is 0 Å². The molecule has 0 saturated heterocycles.